The minimum Gasteiger partial charge on any atom is -0.316 e. The zero-order chi connectivity index (χ0) is 8.74. The molecule has 0 bridgehead atoms. The van der Waals surface area contributed by atoms with Crippen LogP contribution >= 0.6 is 0 Å². The van der Waals surface area contributed by atoms with E-state index in [1.165, 1.54) is 0 Å². The first-order chi connectivity index (χ1) is 5.12. The minimum absolute atomic E-state index is 0.0503. The van der Waals surface area contributed by atoms with E-state index >= 15 is 0 Å². The Bertz CT molecular complexity index is 176. The predicted octanol–water partition coefficient (Wildman–Crippen LogP) is -0.0378. The lowest BCUT2D eigenvalue weighted by atomic mass is 10.7. The van der Waals surface area contributed by atoms with Gasteiger partial charge < -0.3 is 5.32 Å². The summed E-state index contributed by atoms with van der Waals surface area (Å²) in [5.41, 5.74) is 0. The maximum absolute atomic E-state index is 10.8. The highest BCUT2D eigenvalue weighted by atomic mass is 32.2. The van der Waals surface area contributed by atoms with Gasteiger partial charge in [0, 0.05) is 6.54 Å². The van der Waals surface area contributed by atoms with E-state index in [4.69, 9.17) is 0 Å². The van der Waals surface area contributed by atoms with Crippen molar-refractivity contribution in [3.05, 3.63) is 0 Å². The average molecular weight is 181 g/mol. The molecule has 0 rings (SSSR count). The van der Waals surface area contributed by atoms with Gasteiger partial charge in [0.1, 0.15) is 0 Å². The van der Waals surface area contributed by atoms with Crippen LogP contribution in [0, 0.1) is 0 Å². The molecule has 0 fully saturated rings. The molecule has 0 aromatic rings. The zero-order valence-electron chi connectivity index (χ0n) is 6.96. The van der Waals surface area contributed by atoms with Crippen LogP contribution in [-0.4, -0.2) is 33.9 Å². The monoisotopic (exact) mass is 181 g/mol. The Morgan fingerprint density at radius 2 is 2.00 bits per heavy atom. The quantitative estimate of drug-likeness (QED) is 0.461. The van der Waals surface area contributed by atoms with Gasteiger partial charge in [-0.1, -0.05) is 6.92 Å². The Kier molecular flexibility index (Phi) is 5.45. The molecule has 0 heterocycles. The normalized spacial score (nSPS) is 11.8. The van der Waals surface area contributed by atoms with Crippen LogP contribution < -0.4 is 5.32 Å². The second-order valence-corrected chi connectivity index (χ2v) is 3.78. The molecule has 11 heavy (non-hydrogen) atoms. The summed E-state index contributed by atoms with van der Waals surface area (Å²) < 4.78 is 26.2. The highest BCUT2D eigenvalue weighted by molar-refractivity contribution is 7.86. The maximum atomic E-state index is 10.8. The first kappa shape index (κ1) is 10.9. The molecule has 0 amide bonds. The molecule has 0 saturated carbocycles. The molecule has 0 atom stereocenters. The van der Waals surface area contributed by atoms with Crippen LogP contribution in [0.2, 0.25) is 0 Å². The molecule has 4 nitrogen and oxygen atoms in total. The SMILES string of the molecule is CCNCCS(=O)(=O)OCC. The third kappa shape index (κ3) is 6.28. The number of rotatable bonds is 6. The van der Waals surface area contributed by atoms with Crippen molar-refractivity contribution in [2.75, 3.05) is 25.4 Å². The number of nitrogens with one attached hydrogen (secondary N) is 1. The summed E-state index contributed by atoms with van der Waals surface area (Å²) in [6, 6.07) is 0. The van der Waals surface area contributed by atoms with Crippen molar-refractivity contribution in [2.24, 2.45) is 0 Å². The molecular formula is C6H15NO3S. The fraction of sp³-hybridized carbons (Fsp3) is 1.00. The topological polar surface area (TPSA) is 55.4 Å². The van der Waals surface area contributed by atoms with Gasteiger partial charge in [-0.3, -0.25) is 4.18 Å². The van der Waals surface area contributed by atoms with E-state index in [1.807, 2.05) is 6.92 Å². The Balaban J connectivity index is 3.56. The Morgan fingerprint density at radius 3 is 2.45 bits per heavy atom. The fourth-order valence-corrected chi connectivity index (χ4v) is 1.48. The number of hydrogen-bond acceptors (Lipinski definition) is 4. The van der Waals surface area contributed by atoms with Crippen LogP contribution in [0.4, 0.5) is 0 Å². The van der Waals surface area contributed by atoms with Gasteiger partial charge in [0.25, 0.3) is 10.1 Å². The van der Waals surface area contributed by atoms with Gasteiger partial charge in [0.2, 0.25) is 0 Å². The van der Waals surface area contributed by atoms with E-state index in [2.05, 4.69) is 9.50 Å². The molecular weight excluding hydrogens is 166 g/mol. The molecule has 68 valence electrons. The van der Waals surface area contributed by atoms with Gasteiger partial charge in [-0.25, -0.2) is 0 Å². The zero-order valence-corrected chi connectivity index (χ0v) is 7.78. The minimum atomic E-state index is -3.27. The van der Waals surface area contributed by atoms with Crippen molar-refractivity contribution >= 4 is 10.1 Å². The van der Waals surface area contributed by atoms with E-state index in [-0.39, 0.29) is 12.4 Å². The summed E-state index contributed by atoms with van der Waals surface area (Å²) in [5.74, 6) is 0.0503. The van der Waals surface area contributed by atoms with E-state index in [0.717, 1.165) is 6.54 Å². The van der Waals surface area contributed by atoms with Crippen molar-refractivity contribution in [2.45, 2.75) is 13.8 Å². The van der Waals surface area contributed by atoms with Gasteiger partial charge in [0.05, 0.1) is 12.4 Å². The van der Waals surface area contributed by atoms with Gasteiger partial charge in [-0.15, -0.1) is 0 Å². The van der Waals surface area contributed by atoms with Gasteiger partial charge in [0.15, 0.2) is 0 Å². The molecule has 0 aliphatic heterocycles. The van der Waals surface area contributed by atoms with Crippen molar-refractivity contribution in [1.82, 2.24) is 5.32 Å². The van der Waals surface area contributed by atoms with E-state index in [9.17, 15) is 8.42 Å². The second-order valence-electron chi connectivity index (χ2n) is 2.02. The van der Waals surface area contributed by atoms with Crippen molar-refractivity contribution in [1.29, 1.82) is 0 Å². The molecule has 5 heteroatoms. The van der Waals surface area contributed by atoms with Crippen LogP contribution in [0.3, 0.4) is 0 Å². The molecule has 0 unspecified atom stereocenters. The second kappa shape index (κ2) is 5.51. The largest absolute Gasteiger partial charge is 0.316 e. The Morgan fingerprint density at radius 1 is 1.36 bits per heavy atom. The van der Waals surface area contributed by atoms with E-state index in [1.54, 1.807) is 6.92 Å². The van der Waals surface area contributed by atoms with E-state index < -0.39 is 10.1 Å². The third-order valence-electron chi connectivity index (χ3n) is 1.08. The molecule has 0 spiro atoms. The van der Waals surface area contributed by atoms with Crippen molar-refractivity contribution < 1.29 is 12.6 Å². The van der Waals surface area contributed by atoms with Crippen LogP contribution in [0.1, 0.15) is 13.8 Å². The summed E-state index contributed by atoms with van der Waals surface area (Å²) in [6.07, 6.45) is 0. The van der Waals surface area contributed by atoms with Crippen LogP contribution in [0.15, 0.2) is 0 Å². The summed E-state index contributed by atoms with van der Waals surface area (Å²) in [5, 5.41) is 2.90. The summed E-state index contributed by atoms with van der Waals surface area (Å²) in [6.45, 7) is 5.03. The smallest absolute Gasteiger partial charge is 0.268 e. The average Bonchev–Trinajstić information content (AvgIpc) is 1.87. The lowest BCUT2D eigenvalue weighted by molar-refractivity contribution is 0.338. The van der Waals surface area contributed by atoms with Gasteiger partial charge in [-0.2, -0.15) is 8.42 Å². The molecule has 0 saturated heterocycles. The summed E-state index contributed by atoms with van der Waals surface area (Å²) in [7, 11) is -3.27. The van der Waals surface area contributed by atoms with Crippen molar-refractivity contribution in [3.8, 4) is 0 Å². The molecule has 0 aromatic heterocycles. The highest BCUT2D eigenvalue weighted by Crippen LogP contribution is 1.90. The molecule has 0 aliphatic carbocycles. The van der Waals surface area contributed by atoms with Gasteiger partial charge >= 0.3 is 0 Å². The fourth-order valence-electron chi connectivity index (χ4n) is 0.612. The third-order valence-corrected chi connectivity index (χ3v) is 2.38. The van der Waals surface area contributed by atoms with Crippen molar-refractivity contribution in [3.63, 3.8) is 0 Å². The molecule has 0 aliphatic rings. The molecule has 1 N–H and O–H groups in total. The lowest BCUT2D eigenvalue weighted by Gasteiger charge is -2.02. The van der Waals surface area contributed by atoms with Crippen LogP contribution in [0.25, 0.3) is 0 Å². The van der Waals surface area contributed by atoms with E-state index in [0.29, 0.717) is 6.54 Å². The van der Waals surface area contributed by atoms with Crippen LogP contribution in [-0.2, 0) is 14.3 Å². The highest BCUT2D eigenvalue weighted by Gasteiger charge is 2.07. The number of hydrogen-bond donors (Lipinski definition) is 1. The molecule has 0 radical (unpaired) electrons. The maximum Gasteiger partial charge on any atom is 0.268 e. The standard InChI is InChI=1S/C6H15NO3S/c1-3-7-5-6-11(8,9)10-4-2/h7H,3-6H2,1-2H3. The first-order valence-corrected chi connectivity index (χ1v) is 5.28. The Labute approximate surface area is 68.1 Å². The predicted molar refractivity (Wildman–Crippen MR) is 44.0 cm³/mol. The summed E-state index contributed by atoms with van der Waals surface area (Å²) >= 11 is 0. The van der Waals surface area contributed by atoms with Gasteiger partial charge in [-0.05, 0) is 13.5 Å². The van der Waals surface area contributed by atoms with Crippen LogP contribution in [0.5, 0.6) is 0 Å². The first-order valence-electron chi connectivity index (χ1n) is 3.70. The lowest BCUT2D eigenvalue weighted by Crippen LogP contribution is -2.23. The summed E-state index contributed by atoms with van der Waals surface area (Å²) in [4.78, 5) is 0. The molecule has 0 aromatic carbocycles. The Hall–Kier alpha value is -0.130.